The number of carbonyl (C=O) groups excluding carboxylic acids is 1. The predicted octanol–water partition coefficient (Wildman–Crippen LogP) is 5.09. The van der Waals surface area contributed by atoms with E-state index in [1.165, 1.54) is 44.9 Å². The zero-order chi connectivity index (χ0) is 14.0. The van der Waals surface area contributed by atoms with E-state index < -0.39 is 0 Å². The molecule has 2 aliphatic carbocycles. The van der Waals surface area contributed by atoms with Gasteiger partial charge < -0.3 is 0 Å². The molecule has 2 fully saturated rings. The Kier molecular flexibility index (Phi) is 5.09. The Labute approximate surface area is 119 Å². The Balaban J connectivity index is 1.82. The van der Waals surface area contributed by atoms with E-state index in [4.69, 9.17) is 0 Å². The number of Topliss-reactive ketones (excluding diaryl/α,β-unsaturated/α-hetero) is 1. The van der Waals surface area contributed by atoms with Crippen molar-refractivity contribution in [2.75, 3.05) is 0 Å². The number of hydrogen-bond acceptors (Lipinski definition) is 1. The number of hydrogen-bond donors (Lipinski definition) is 0. The SMILES string of the molecule is CC(=O)C1C2CCC(C2)C1CC(C)CCCC(C)C. The molecule has 1 nitrogen and oxygen atoms in total. The molecule has 0 heterocycles. The molecule has 2 bridgehead atoms. The average Bonchev–Trinajstić information content (AvgIpc) is 2.88. The molecule has 0 spiro atoms. The largest absolute Gasteiger partial charge is 0.300 e. The van der Waals surface area contributed by atoms with E-state index in [-0.39, 0.29) is 0 Å². The summed E-state index contributed by atoms with van der Waals surface area (Å²) in [5, 5.41) is 0. The van der Waals surface area contributed by atoms with Gasteiger partial charge in [0.25, 0.3) is 0 Å². The van der Waals surface area contributed by atoms with Crippen LogP contribution in [-0.2, 0) is 4.79 Å². The van der Waals surface area contributed by atoms with Crippen LogP contribution in [0.5, 0.6) is 0 Å². The monoisotopic (exact) mass is 264 g/mol. The topological polar surface area (TPSA) is 17.1 Å². The first kappa shape index (κ1) is 15.1. The van der Waals surface area contributed by atoms with Gasteiger partial charge in [0.1, 0.15) is 5.78 Å². The minimum Gasteiger partial charge on any atom is -0.300 e. The summed E-state index contributed by atoms with van der Waals surface area (Å²) in [5.74, 6) is 4.90. The van der Waals surface area contributed by atoms with E-state index in [1.54, 1.807) is 0 Å². The van der Waals surface area contributed by atoms with Gasteiger partial charge in [0.2, 0.25) is 0 Å². The number of ketones is 1. The number of rotatable bonds is 7. The van der Waals surface area contributed by atoms with Crippen LogP contribution in [0.1, 0.15) is 72.6 Å². The summed E-state index contributed by atoms with van der Waals surface area (Å²) in [6.45, 7) is 8.87. The van der Waals surface area contributed by atoms with Crippen molar-refractivity contribution in [2.45, 2.75) is 72.6 Å². The van der Waals surface area contributed by atoms with Crippen LogP contribution in [0.25, 0.3) is 0 Å². The Bertz CT molecular complexity index is 307. The van der Waals surface area contributed by atoms with Crippen LogP contribution in [0.3, 0.4) is 0 Å². The lowest BCUT2D eigenvalue weighted by molar-refractivity contribution is -0.124. The zero-order valence-electron chi connectivity index (χ0n) is 13.3. The molecule has 0 N–H and O–H groups in total. The fraction of sp³-hybridized carbons (Fsp3) is 0.944. The molecule has 0 aromatic heterocycles. The van der Waals surface area contributed by atoms with E-state index in [9.17, 15) is 4.79 Å². The van der Waals surface area contributed by atoms with Crippen LogP contribution in [0, 0.1) is 35.5 Å². The van der Waals surface area contributed by atoms with Gasteiger partial charge in [-0.05, 0) is 62.2 Å². The van der Waals surface area contributed by atoms with Crippen LogP contribution >= 0.6 is 0 Å². The van der Waals surface area contributed by atoms with Crippen molar-refractivity contribution in [3.8, 4) is 0 Å². The summed E-state index contributed by atoms with van der Waals surface area (Å²) in [6, 6.07) is 0. The van der Waals surface area contributed by atoms with Crippen LogP contribution in [0.15, 0.2) is 0 Å². The maximum absolute atomic E-state index is 11.9. The first-order valence-corrected chi connectivity index (χ1v) is 8.49. The molecule has 5 unspecified atom stereocenters. The van der Waals surface area contributed by atoms with Crippen LogP contribution in [0.2, 0.25) is 0 Å². The van der Waals surface area contributed by atoms with Crippen molar-refractivity contribution in [3.63, 3.8) is 0 Å². The van der Waals surface area contributed by atoms with Crippen LogP contribution in [0.4, 0.5) is 0 Å². The Morgan fingerprint density at radius 1 is 1.11 bits per heavy atom. The van der Waals surface area contributed by atoms with Crippen molar-refractivity contribution in [2.24, 2.45) is 35.5 Å². The van der Waals surface area contributed by atoms with Gasteiger partial charge in [-0.25, -0.2) is 0 Å². The minimum atomic E-state index is 0.422. The first-order chi connectivity index (χ1) is 8.99. The van der Waals surface area contributed by atoms with Crippen molar-refractivity contribution >= 4 is 5.78 Å². The highest BCUT2D eigenvalue weighted by atomic mass is 16.1. The molecule has 2 saturated carbocycles. The van der Waals surface area contributed by atoms with Crippen molar-refractivity contribution in [1.29, 1.82) is 0 Å². The molecule has 0 radical (unpaired) electrons. The van der Waals surface area contributed by atoms with Gasteiger partial charge >= 0.3 is 0 Å². The second-order valence-corrected chi connectivity index (χ2v) is 7.80. The Morgan fingerprint density at radius 3 is 2.42 bits per heavy atom. The van der Waals surface area contributed by atoms with Crippen molar-refractivity contribution in [3.05, 3.63) is 0 Å². The molecule has 2 rings (SSSR count). The van der Waals surface area contributed by atoms with Gasteiger partial charge in [-0.1, -0.05) is 40.0 Å². The average molecular weight is 264 g/mol. The third kappa shape index (κ3) is 3.61. The lowest BCUT2D eigenvalue weighted by atomic mass is 9.73. The molecular weight excluding hydrogens is 232 g/mol. The Hall–Kier alpha value is -0.330. The van der Waals surface area contributed by atoms with Gasteiger partial charge in [-0.15, -0.1) is 0 Å². The van der Waals surface area contributed by atoms with Crippen molar-refractivity contribution < 1.29 is 4.79 Å². The molecule has 0 aliphatic heterocycles. The van der Waals surface area contributed by atoms with E-state index >= 15 is 0 Å². The number of fused-ring (bicyclic) bond motifs is 2. The molecule has 2 aliphatic rings. The molecule has 0 amide bonds. The summed E-state index contributed by atoms with van der Waals surface area (Å²) >= 11 is 0. The van der Waals surface area contributed by atoms with Crippen molar-refractivity contribution in [1.82, 2.24) is 0 Å². The fourth-order valence-electron chi connectivity index (χ4n) is 4.84. The second kappa shape index (κ2) is 6.41. The third-order valence-electron chi connectivity index (χ3n) is 5.71. The van der Waals surface area contributed by atoms with Gasteiger partial charge in [0, 0.05) is 5.92 Å². The van der Waals surface area contributed by atoms with E-state index in [0.717, 1.165) is 29.6 Å². The molecule has 5 atom stereocenters. The minimum absolute atomic E-state index is 0.422. The summed E-state index contributed by atoms with van der Waals surface area (Å²) in [4.78, 5) is 11.9. The van der Waals surface area contributed by atoms with Crippen LogP contribution < -0.4 is 0 Å². The quantitative estimate of drug-likeness (QED) is 0.626. The smallest absolute Gasteiger partial charge is 0.133 e. The third-order valence-corrected chi connectivity index (χ3v) is 5.71. The lowest BCUT2D eigenvalue weighted by Crippen LogP contribution is -2.29. The van der Waals surface area contributed by atoms with E-state index in [0.29, 0.717) is 11.7 Å². The standard InChI is InChI=1S/C18H32O/c1-12(2)6-5-7-13(3)10-17-15-8-9-16(11-15)18(17)14(4)19/h12-13,15-18H,5-11H2,1-4H3. The van der Waals surface area contributed by atoms with Gasteiger partial charge in [-0.3, -0.25) is 4.79 Å². The maximum atomic E-state index is 11.9. The van der Waals surface area contributed by atoms with Gasteiger partial charge in [0.05, 0.1) is 0 Å². The lowest BCUT2D eigenvalue weighted by Gasteiger charge is -2.31. The molecule has 1 heteroatoms. The highest BCUT2D eigenvalue weighted by Gasteiger charge is 2.49. The second-order valence-electron chi connectivity index (χ2n) is 7.80. The highest BCUT2D eigenvalue weighted by Crippen LogP contribution is 2.54. The Morgan fingerprint density at radius 2 is 1.79 bits per heavy atom. The summed E-state index contributed by atoms with van der Waals surface area (Å²) in [6.07, 6.45) is 9.47. The van der Waals surface area contributed by atoms with Gasteiger partial charge in [-0.2, -0.15) is 0 Å². The summed E-state index contributed by atoms with van der Waals surface area (Å²) in [5.41, 5.74) is 0. The van der Waals surface area contributed by atoms with Crippen LogP contribution in [-0.4, -0.2) is 5.78 Å². The molecular formula is C18H32O. The molecule has 110 valence electrons. The molecule has 0 aromatic rings. The zero-order valence-corrected chi connectivity index (χ0v) is 13.3. The molecule has 19 heavy (non-hydrogen) atoms. The number of carbonyl (C=O) groups is 1. The predicted molar refractivity (Wildman–Crippen MR) is 81.0 cm³/mol. The fourth-order valence-corrected chi connectivity index (χ4v) is 4.84. The molecule has 0 aromatic carbocycles. The first-order valence-electron chi connectivity index (χ1n) is 8.49. The summed E-state index contributed by atoms with van der Waals surface area (Å²) in [7, 11) is 0. The highest BCUT2D eigenvalue weighted by molar-refractivity contribution is 5.79. The molecule has 0 saturated heterocycles. The summed E-state index contributed by atoms with van der Waals surface area (Å²) < 4.78 is 0. The van der Waals surface area contributed by atoms with E-state index in [1.807, 2.05) is 6.92 Å². The van der Waals surface area contributed by atoms with E-state index in [2.05, 4.69) is 20.8 Å². The van der Waals surface area contributed by atoms with Gasteiger partial charge in [0.15, 0.2) is 0 Å². The maximum Gasteiger partial charge on any atom is 0.133 e. The normalized spacial score (nSPS) is 35.0.